The number of ether oxygens (including phenoxy) is 1. The maximum absolute atomic E-state index is 13.9. The minimum absolute atomic E-state index is 0.116. The van der Waals surface area contributed by atoms with Crippen molar-refractivity contribution in [2.45, 2.75) is 19.4 Å². The molecule has 3 N–H and O–H groups in total. The first-order valence-electron chi connectivity index (χ1n) is 7.01. The fourth-order valence-electron chi connectivity index (χ4n) is 1.82. The molecule has 1 aromatic carbocycles. The van der Waals surface area contributed by atoms with Gasteiger partial charge < -0.3 is 15.8 Å². The molecule has 0 aliphatic rings. The molecule has 0 spiro atoms. The van der Waals surface area contributed by atoms with Gasteiger partial charge in [-0.15, -0.1) is 0 Å². The molecule has 0 aliphatic heterocycles. The van der Waals surface area contributed by atoms with Crippen LogP contribution >= 0.6 is 0 Å². The number of aromatic nitrogens is 1. The lowest BCUT2D eigenvalue weighted by atomic mass is 10.2. The molecule has 22 heavy (non-hydrogen) atoms. The summed E-state index contributed by atoms with van der Waals surface area (Å²) in [5, 5.41) is 2.62. The Bertz CT molecular complexity index is 620. The summed E-state index contributed by atoms with van der Waals surface area (Å²) < 4.78 is 19.3. The molecule has 1 aromatic heterocycles. The zero-order chi connectivity index (χ0) is 15.8. The number of carbonyl (C=O) groups excluding carboxylic acids is 1. The van der Waals surface area contributed by atoms with E-state index in [1.165, 1.54) is 12.1 Å². The van der Waals surface area contributed by atoms with Gasteiger partial charge in [-0.05, 0) is 37.2 Å². The SMILES string of the molecule is NCCCC(=O)Nc1ccc(OCc2ccccn2)c(F)c1. The smallest absolute Gasteiger partial charge is 0.224 e. The van der Waals surface area contributed by atoms with Crippen molar-refractivity contribution < 1.29 is 13.9 Å². The van der Waals surface area contributed by atoms with Crippen molar-refractivity contribution in [3.05, 3.63) is 54.1 Å². The molecule has 0 unspecified atom stereocenters. The van der Waals surface area contributed by atoms with E-state index < -0.39 is 5.82 Å². The largest absolute Gasteiger partial charge is 0.484 e. The Morgan fingerprint density at radius 1 is 1.32 bits per heavy atom. The molecular formula is C16H18FN3O2. The summed E-state index contributed by atoms with van der Waals surface area (Å²) in [7, 11) is 0. The number of nitrogens with one attached hydrogen (secondary N) is 1. The Morgan fingerprint density at radius 3 is 2.86 bits per heavy atom. The fourth-order valence-corrected chi connectivity index (χ4v) is 1.82. The predicted molar refractivity (Wildman–Crippen MR) is 81.9 cm³/mol. The van der Waals surface area contributed by atoms with Crippen LogP contribution in [0.1, 0.15) is 18.5 Å². The summed E-state index contributed by atoms with van der Waals surface area (Å²) in [4.78, 5) is 15.6. The van der Waals surface area contributed by atoms with E-state index >= 15 is 0 Å². The third kappa shape index (κ3) is 4.82. The average molecular weight is 303 g/mol. The number of pyridine rings is 1. The molecule has 0 aliphatic carbocycles. The Kier molecular flexibility index (Phi) is 5.85. The van der Waals surface area contributed by atoms with Gasteiger partial charge in [-0.1, -0.05) is 6.07 Å². The Hall–Kier alpha value is -2.47. The highest BCUT2D eigenvalue weighted by Gasteiger charge is 2.08. The molecule has 0 bridgehead atoms. The second kappa shape index (κ2) is 8.09. The fraction of sp³-hybridized carbons (Fsp3) is 0.250. The lowest BCUT2D eigenvalue weighted by molar-refractivity contribution is -0.116. The molecule has 5 nitrogen and oxygen atoms in total. The number of anilines is 1. The second-order valence-electron chi connectivity index (χ2n) is 4.70. The number of nitrogens with zero attached hydrogens (tertiary/aromatic N) is 1. The Morgan fingerprint density at radius 2 is 2.18 bits per heavy atom. The van der Waals surface area contributed by atoms with Gasteiger partial charge in [0.05, 0.1) is 5.69 Å². The Labute approximate surface area is 128 Å². The van der Waals surface area contributed by atoms with Gasteiger partial charge in [0.15, 0.2) is 11.6 Å². The van der Waals surface area contributed by atoms with Gasteiger partial charge in [0, 0.05) is 24.4 Å². The number of hydrogen-bond acceptors (Lipinski definition) is 4. The number of rotatable bonds is 7. The molecule has 6 heteroatoms. The summed E-state index contributed by atoms with van der Waals surface area (Å²) in [6.45, 7) is 0.627. The number of benzene rings is 1. The molecule has 0 atom stereocenters. The van der Waals surface area contributed by atoms with Crippen molar-refractivity contribution in [2.24, 2.45) is 5.73 Å². The van der Waals surface area contributed by atoms with Gasteiger partial charge in [0.25, 0.3) is 0 Å². The predicted octanol–water partition coefficient (Wildman–Crippen LogP) is 2.48. The van der Waals surface area contributed by atoms with E-state index in [0.29, 0.717) is 30.8 Å². The van der Waals surface area contributed by atoms with Crippen LogP contribution in [0.25, 0.3) is 0 Å². The quantitative estimate of drug-likeness (QED) is 0.824. The topological polar surface area (TPSA) is 77.2 Å². The van der Waals surface area contributed by atoms with Gasteiger partial charge in [-0.25, -0.2) is 4.39 Å². The molecular weight excluding hydrogens is 285 g/mol. The van der Waals surface area contributed by atoms with E-state index in [2.05, 4.69) is 10.3 Å². The van der Waals surface area contributed by atoms with Crippen LogP contribution < -0.4 is 15.8 Å². The molecule has 2 aromatic rings. The minimum Gasteiger partial charge on any atom is -0.484 e. The molecule has 0 saturated heterocycles. The number of halogens is 1. The summed E-state index contributed by atoms with van der Waals surface area (Å²) in [5.74, 6) is -0.606. The number of hydrogen-bond donors (Lipinski definition) is 2. The van der Waals surface area contributed by atoms with Crippen LogP contribution in [-0.4, -0.2) is 17.4 Å². The lowest BCUT2D eigenvalue weighted by Gasteiger charge is -2.09. The van der Waals surface area contributed by atoms with Crippen molar-refractivity contribution in [3.63, 3.8) is 0 Å². The maximum Gasteiger partial charge on any atom is 0.224 e. The second-order valence-corrected chi connectivity index (χ2v) is 4.70. The first-order chi connectivity index (χ1) is 10.7. The average Bonchev–Trinajstić information content (AvgIpc) is 2.53. The van der Waals surface area contributed by atoms with Gasteiger partial charge in [-0.3, -0.25) is 9.78 Å². The van der Waals surface area contributed by atoms with Crippen LogP contribution in [0.5, 0.6) is 5.75 Å². The van der Waals surface area contributed by atoms with Gasteiger partial charge in [0.2, 0.25) is 5.91 Å². The molecule has 2 rings (SSSR count). The van der Waals surface area contributed by atoms with Gasteiger partial charge >= 0.3 is 0 Å². The maximum atomic E-state index is 13.9. The first kappa shape index (κ1) is 15.9. The normalized spacial score (nSPS) is 10.3. The highest BCUT2D eigenvalue weighted by molar-refractivity contribution is 5.90. The minimum atomic E-state index is -0.535. The van der Waals surface area contributed by atoms with Crippen molar-refractivity contribution >= 4 is 11.6 Å². The van der Waals surface area contributed by atoms with E-state index in [1.807, 2.05) is 6.07 Å². The summed E-state index contributed by atoms with van der Waals surface area (Å²) in [6, 6.07) is 9.74. The molecule has 1 heterocycles. The third-order valence-corrected chi connectivity index (χ3v) is 2.93. The van der Waals surface area contributed by atoms with Crippen molar-refractivity contribution in [2.75, 3.05) is 11.9 Å². The van der Waals surface area contributed by atoms with Crippen LogP contribution in [0.15, 0.2) is 42.6 Å². The van der Waals surface area contributed by atoms with E-state index in [4.69, 9.17) is 10.5 Å². The van der Waals surface area contributed by atoms with Crippen LogP contribution in [0, 0.1) is 5.82 Å². The zero-order valence-electron chi connectivity index (χ0n) is 12.1. The van der Waals surface area contributed by atoms with Crippen LogP contribution in [-0.2, 0) is 11.4 Å². The van der Waals surface area contributed by atoms with Gasteiger partial charge in [-0.2, -0.15) is 0 Å². The molecule has 116 valence electrons. The van der Waals surface area contributed by atoms with Crippen molar-refractivity contribution in [1.82, 2.24) is 4.98 Å². The van der Waals surface area contributed by atoms with Gasteiger partial charge in [0.1, 0.15) is 6.61 Å². The summed E-state index contributed by atoms with van der Waals surface area (Å²) in [6.07, 6.45) is 2.56. The van der Waals surface area contributed by atoms with E-state index in [9.17, 15) is 9.18 Å². The van der Waals surface area contributed by atoms with Crippen molar-refractivity contribution in [1.29, 1.82) is 0 Å². The highest BCUT2D eigenvalue weighted by atomic mass is 19.1. The summed E-state index contributed by atoms with van der Waals surface area (Å²) in [5.41, 5.74) is 6.44. The Balaban J connectivity index is 1.93. The monoisotopic (exact) mass is 303 g/mol. The first-order valence-corrected chi connectivity index (χ1v) is 7.01. The highest BCUT2D eigenvalue weighted by Crippen LogP contribution is 2.22. The molecule has 0 radical (unpaired) electrons. The molecule has 1 amide bonds. The zero-order valence-corrected chi connectivity index (χ0v) is 12.1. The van der Waals surface area contributed by atoms with Crippen LogP contribution in [0.4, 0.5) is 10.1 Å². The van der Waals surface area contributed by atoms with E-state index in [1.54, 1.807) is 24.4 Å². The standard InChI is InChI=1S/C16H18FN3O2/c17-14-10-12(20-16(21)5-3-8-18)6-7-15(14)22-11-13-4-1-2-9-19-13/h1-2,4,6-7,9-10H,3,5,8,11,18H2,(H,20,21). The lowest BCUT2D eigenvalue weighted by Crippen LogP contribution is -2.13. The molecule has 0 fully saturated rings. The van der Waals surface area contributed by atoms with E-state index in [0.717, 1.165) is 0 Å². The number of carbonyl (C=O) groups is 1. The van der Waals surface area contributed by atoms with Crippen LogP contribution in [0.2, 0.25) is 0 Å². The van der Waals surface area contributed by atoms with E-state index in [-0.39, 0.29) is 18.3 Å². The number of amides is 1. The molecule has 0 saturated carbocycles. The summed E-state index contributed by atoms with van der Waals surface area (Å²) >= 11 is 0. The third-order valence-electron chi connectivity index (χ3n) is 2.93. The van der Waals surface area contributed by atoms with Crippen molar-refractivity contribution in [3.8, 4) is 5.75 Å². The number of nitrogens with two attached hydrogens (primary N) is 1. The van der Waals surface area contributed by atoms with Crippen LogP contribution in [0.3, 0.4) is 0 Å².